The quantitative estimate of drug-likeness (QED) is 0.715. The van der Waals surface area contributed by atoms with Crippen molar-refractivity contribution in [3.05, 3.63) is 17.5 Å². The van der Waals surface area contributed by atoms with Crippen molar-refractivity contribution < 1.29 is 0 Å². The molecule has 0 aliphatic rings. The van der Waals surface area contributed by atoms with E-state index < -0.39 is 0 Å². The fourth-order valence-electron chi connectivity index (χ4n) is 0.785. The number of aryl methyl sites for hydroxylation is 2. The maximum absolute atomic E-state index is 4.20. The topological polar surface area (TPSA) is 17.8 Å². The lowest BCUT2D eigenvalue weighted by Crippen LogP contribution is -1.87. The van der Waals surface area contributed by atoms with E-state index in [0.29, 0.717) is 0 Å². The molecule has 0 unspecified atom stereocenters. The van der Waals surface area contributed by atoms with E-state index in [2.05, 4.69) is 28.0 Å². The van der Waals surface area contributed by atoms with Gasteiger partial charge in [0.05, 0.1) is 5.69 Å². The molecule has 1 aromatic heterocycles. The van der Waals surface area contributed by atoms with Crippen LogP contribution in [-0.4, -0.2) is 9.78 Å². The Balaban J connectivity index is 0.000000810. The first-order chi connectivity index (χ1) is 4.24. The van der Waals surface area contributed by atoms with Crippen molar-refractivity contribution in [2.45, 2.75) is 12.3 Å². The monoisotopic (exact) mass is 268 g/mol. The average molecular weight is 270 g/mol. The van der Waals surface area contributed by atoms with E-state index in [4.69, 9.17) is 0 Å². The predicted molar refractivity (Wildman–Crippen MR) is 50.9 cm³/mol. The van der Waals surface area contributed by atoms with E-state index in [1.165, 1.54) is 5.56 Å². The van der Waals surface area contributed by atoms with Crippen LogP contribution >= 0.6 is 32.9 Å². The Morgan fingerprint density at radius 2 is 2.30 bits per heavy atom. The van der Waals surface area contributed by atoms with Crippen LogP contribution in [0.1, 0.15) is 11.3 Å². The van der Waals surface area contributed by atoms with E-state index in [-0.39, 0.29) is 17.0 Å². The SMILES string of the molecule is Br.Cc1cn(C)nc1CBr. The number of hydrogen-bond acceptors (Lipinski definition) is 1. The van der Waals surface area contributed by atoms with Crippen molar-refractivity contribution >= 4 is 32.9 Å². The van der Waals surface area contributed by atoms with Gasteiger partial charge in [0, 0.05) is 18.6 Å². The zero-order chi connectivity index (χ0) is 6.85. The van der Waals surface area contributed by atoms with Crippen LogP contribution in [0.3, 0.4) is 0 Å². The molecule has 0 aliphatic carbocycles. The first kappa shape index (κ1) is 10.2. The van der Waals surface area contributed by atoms with Gasteiger partial charge in [-0.3, -0.25) is 4.68 Å². The standard InChI is InChI=1S/C6H9BrN2.BrH/c1-5-4-9(2)8-6(5)3-7;/h4H,3H2,1-2H3;1H. The van der Waals surface area contributed by atoms with Crippen molar-refractivity contribution in [3.63, 3.8) is 0 Å². The Morgan fingerprint density at radius 3 is 2.50 bits per heavy atom. The van der Waals surface area contributed by atoms with Crippen LogP contribution in [0.2, 0.25) is 0 Å². The second-order valence-electron chi connectivity index (χ2n) is 2.07. The van der Waals surface area contributed by atoms with Gasteiger partial charge in [0.2, 0.25) is 0 Å². The van der Waals surface area contributed by atoms with Crippen LogP contribution in [-0.2, 0) is 12.4 Å². The molecule has 0 aromatic carbocycles. The molecule has 0 spiro atoms. The van der Waals surface area contributed by atoms with E-state index in [1.807, 2.05) is 17.9 Å². The normalized spacial score (nSPS) is 9.10. The van der Waals surface area contributed by atoms with E-state index in [9.17, 15) is 0 Å². The molecule has 1 aromatic rings. The molecule has 58 valence electrons. The predicted octanol–water partition coefficient (Wildman–Crippen LogP) is 2.20. The van der Waals surface area contributed by atoms with E-state index >= 15 is 0 Å². The number of rotatable bonds is 1. The molecule has 2 nitrogen and oxygen atoms in total. The van der Waals surface area contributed by atoms with E-state index in [0.717, 1.165) is 11.0 Å². The summed E-state index contributed by atoms with van der Waals surface area (Å²) in [6.07, 6.45) is 2.01. The molecule has 1 heterocycles. The van der Waals surface area contributed by atoms with Gasteiger partial charge < -0.3 is 0 Å². The summed E-state index contributed by atoms with van der Waals surface area (Å²) in [4.78, 5) is 0. The molecule has 0 atom stereocenters. The van der Waals surface area contributed by atoms with Crippen molar-refractivity contribution in [1.29, 1.82) is 0 Å². The highest BCUT2D eigenvalue weighted by atomic mass is 79.9. The molecular formula is C6H10Br2N2. The minimum atomic E-state index is 0. The Bertz CT molecular complexity index is 208. The van der Waals surface area contributed by atoms with Crippen molar-refractivity contribution in [2.24, 2.45) is 7.05 Å². The van der Waals surface area contributed by atoms with Gasteiger partial charge in [-0.15, -0.1) is 17.0 Å². The van der Waals surface area contributed by atoms with Crippen molar-refractivity contribution in [3.8, 4) is 0 Å². The average Bonchev–Trinajstić information content (AvgIpc) is 2.10. The van der Waals surface area contributed by atoms with Crippen LogP contribution in [0, 0.1) is 6.92 Å². The van der Waals surface area contributed by atoms with Crippen LogP contribution in [0.25, 0.3) is 0 Å². The molecule has 4 heteroatoms. The molecule has 0 saturated carbocycles. The van der Waals surface area contributed by atoms with Gasteiger partial charge >= 0.3 is 0 Å². The highest BCUT2D eigenvalue weighted by Crippen LogP contribution is 2.07. The van der Waals surface area contributed by atoms with Crippen LogP contribution in [0.5, 0.6) is 0 Å². The number of nitrogens with zero attached hydrogens (tertiary/aromatic N) is 2. The lowest BCUT2D eigenvalue weighted by molar-refractivity contribution is 0.755. The molecule has 0 N–H and O–H groups in total. The number of alkyl halides is 1. The Morgan fingerprint density at radius 1 is 1.70 bits per heavy atom. The molecule has 0 aliphatic heterocycles. The third-order valence-corrected chi connectivity index (χ3v) is 1.77. The highest BCUT2D eigenvalue weighted by Gasteiger charge is 1.98. The molecule has 0 fully saturated rings. The summed E-state index contributed by atoms with van der Waals surface area (Å²) in [6.45, 7) is 2.06. The van der Waals surface area contributed by atoms with Crippen LogP contribution in [0.4, 0.5) is 0 Å². The highest BCUT2D eigenvalue weighted by molar-refractivity contribution is 9.08. The largest absolute Gasteiger partial charge is 0.275 e. The Kier molecular flexibility index (Phi) is 4.20. The lowest BCUT2D eigenvalue weighted by atomic mass is 10.3. The zero-order valence-electron chi connectivity index (χ0n) is 5.97. The van der Waals surface area contributed by atoms with Gasteiger partial charge in [-0.2, -0.15) is 5.10 Å². The molecule has 0 saturated heterocycles. The second-order valence-corrected chi connectivity index (χ2v) is 2.63. The van der Waals surface area contributed by atoms with E-state index in [1.54, 1.807) is 0 Å². The lowest BCUT2D eigenvalue weighted by Gasteiger charge is -1.85. The van der Waals surface area contributed by atoms with Crippen molar-refractivity contribution in [1.82, 2.24) is 9.78 Å². The third kappa shape index (κ3) is 2.09. The molecule has 1 rings (SSSR count). The summed E-state index contributed by atoms with van der Waals surface area (Å²) in [7, 11) is 1.93. The van der Waals surface area contributed by atoms with Crippen molar-refractivity contribution in [2.75, 3.05) is 0 Å². The third-order valence-electron chi connectivity index (χ3n) is 1.24. The first-order valence-electron chi connectivity index (χ1n) is 2.79. The Hall–Kier alpha value is 0.170. The summed E-state index contributed by atoms with van der Waals surface area (Å²) in [5.41, 5.74) is 2.37. The van der Waals surface area contributed by atoms with Crippen LogP contribution < -0.4 is 0 Å². The van der Waals surface area contributed by atoms with Gasteiger partial charge in [-0.25, -0.2) is 0 Å². The summed E-state index contributed by atoms with van der Waals surface area (Å²) in [5, 5.41) is 5.05. The smallest absolute Gasteiger partial charge is 0.0758 e. The number of halogens is 2. The Labute approximate surface area is 79.5 Å². The number of hydrogen-bond donors (Lipinski definition) is 0. The van der Waals surface area contributed by atoms with Gasteiger partial charge in [-0.05, 0) is 12.5 Å². The summed E-state index contributed by atoms with van der Waals surface area (Å²) < 4.78 is 1.83. The molecule has 10 heavy (non-hydrogen) atoms. The fraction of sp³-hybridized carbons (Fsp3) is 0.500. The second kappa shape index (κ2) is 4.13. The summed E-state index contributed by atoms with van der Waals surface area (Å²) in [6, 6.07) is 0. The minimum absolute atomic E-state index is 0. The zero-order valence-corrected chi connectivity index (χ0v) is 9.26. The van der Waals surface area contributed by atoms with Gasteiger partial charge in [-0.1, -0.05) is 15.9 Å². The van der Waals surface area contributed by atoms with Gasteiger partial charge in [0.15, 0.2) is 0 Å². The molecule has 0 radical (unpaired) electrons. The first-order valence-corrected chi connectivity index (χ1v) is 3.91. The minimum Gasteiger partial charge on any atom is -0.275 e. The summed E-state index contributed by atoms with van der Waals surface area (Å²) >= 11 is 3.35. The molecular weight excluding hydrogens is 260 g/mol. The maximum atomic E-state index is 4.20. The van der Waals surface area contributed by atoms with Gasteiger partial charge in [0.1, 0.15) is 0 Å². The molecule has 0 amide bonds. The van der Waals surface area contributed by atoms with Crippen LogP contribution in [0.15, 0.2) is 6.20 Å². The maximum Gasteiger partial charge on any atom is 0.0758 e. The fourth-order valence-corrected chi connectivity index (χ4v) is 1.34. The molecule has 0 bridgehead atoms. The van der Waals surface area contributed by atoms with Gasteiger partial charge in [0.25, 0.3) is 0 Å². The summed E-state index contributed by atoms with van der Waals surface area (Å²) in [5.74, 6) is 0. The number of aromatic nitrogens is 2.